The van der Waals surface area contributed by atoms with Crippen molar-refractivity contribution in [1.82, 2.24) is 9.88 Å². The smallest absolute Gasteiger partial charge is 0.349 e. The average Bonchev–Trinajstić information content (AvgIpc) is 3.52. The fraction of sp³-hybridized carbons (Fsp3) is 0.370. The van der Waals surface area contributed by atoms with Crippen LogP contribution in [-0.2, 0) is 31.2 Å². The summed E-state index contributed by atoms with van der Waals surface area (Å²) in [5.41, 5.74) is 1.18. The number of ether oxygens (including phenoxy) is 3. The Morgan fingerprint density at radius 3 is 2.45 bits per heavy atom. The summed E-state index contributed by atoms with van der Waals surface area (Å²) < 4.78 is 18.2. The number of aromatic amines is 1. The van der Waals surface area contributed by atoms with Crippen molar-refractivity contribution in [3.8, 4) is 0 Å². The van der Waals surface area contributed by atoms with Crippen LogP contribution in [0.1, 0.15) is 29.7 Å². The minimum absolute atomic E-state index is 0.140. The Morgan fingerprint density at radius 2 is 1.79 bits per heavy atom. The largest absolute Gasteiger partial charge is 0.458 e. The van der Waals surface area contributed by atoms with Crippen LogP contribution in [0.2, 0.25) is 0 Å². The van der Waals surface area contributed by atoms with E-state index < -0.39 is 5.60 Å². The average molecular weight is 449 g/mol. The van der Waals surface area contributed by atoms with Gasteiger partial charge in [0.25, 0.3) is 0 Å². The van der Waals surface area contributed by atoms with E-state index in [1.165, 1.54) is 0 Å². The number of nitrogens with zero attached hydrogens (tertiary/aromatic N) is 1. The lowest BCUT2D eigenvalue weighted by Crippen LogP contribution is -2.44. The quantitative estimate of drug-likeness (QED) is 0.353. The van der Waals surface area contributed by atoms with Crippen LogP contribution >= 0.6 is 0 Å². The van der Waals surface area contributed by atoms with Crippen LogP contribution in [0.5, 0.6) is 0 Å². The number of hydrogen-bond donors (Lipinski definition) is 1. The van der Waals surface area contributed by atoms with E-state index >= 15 is 0 Å². The van der Waals surface area contributed by atoms with Gasteiger partial charge in [-0.15, -0.1) is 0 Å². The van der Waals surface area contributed by atoms with Gasteiger partial charge in [-0.05, 0) is 37.6 Å². The van der Waals surface area contributed by atoms with Crippen LogP contribution in [0.4, 0.5) is 0 Å². The summed E-state index contributed by atoms with van der Waals surface area (Å²) in [5.74, 6) is -0.387. The third kappa shape index (κ3) is 5.71. The van der Waals surface area contributed by atoms with Crippen LogP contribution in [-0.4, -0.2) is 55.3 Å². The zero-order chi connectivity index (χ0) is 22.9. The number of carbonyl (C=O) groups is 1. The van der Waals surface area contributed by atoms with E-state index in [0.29, 0.717) is 31.9 Å². The number of benzene rings is 2. The molecule has 0 radical (unpaired) electrons. The lowest BCUT2D eigenvalue weighted by atomic mass is 9.90. The molecule has 2 unspecified atom stereocenters. The summed E-state index contributed by atoms with van der Waals surface area (Å²) in [7, 11) is 2.04. The molecule has 1 fully saturated rings. The Morgan fingerprint density at radius 1 is 1.03 bits per heavy atom. The van der Waals surface area contributed by atoms with E-state index in [-0.39, 0.29) is 12.1 Å². The first-order chi connectivity index (χ1) is 16.2. The first kappa shape index (κ1) is 23.2. The fourth-order valence-corrected chi connectivity index (χ4v) is 4.20. The predicted octanol–water partition coefficient (Wildman–Crippen LogP) is 4.13. The van der Waals surface area contributed by atoms with Gasteiger partial charge < -0.3 is 24.1 Å². The lowest BCUT2D eigenvalue weighted by molar-refractivity contribution is -0.174. The van der Waals surface area contributed by atoms with Crippen molar-refractivity contribution in [2.75, 3.05) is 33.4 Å². The summed E-state index contributed by atoms with van der Waals surface area (Å²) in [4.78, 5) is 19.1. The molecule has 2 aromatic carbocycles. The number of aromatic nitrogens is 1. The lowest BCUT2D eigenvalue weighted by Gasteiger charge is -2.32. The van der Waals surface area contributed by atoms with Crippen molar-refractivity contribution in [2.45, 2.75) is 31.2 Å². The number of nitrogens with one attached hydrogen (secondary N) is 1. The summed E-state index contributed by atoms with van der Waals surface area (Å²) in [6.07, 6.45) is 3.14. The van der Waals surface area contributed by atoms with Gasteiger partial charge in [-0.1, -0.05) is 60.7 Å². The molecule has 0 bridgehead atoms. The van der Waals surface area contributed by atoms with Crippen molar-refractivity contribution < 1.29 is 19.0 Å². The van der Waals surface area contributed by atoms with Crippen molar-refractivity contribution in [1.29, 1.82) is 0 Å². The topological polar surface area (TPSA) is 63.8 Å². The summed E-state index contributed by atoms with van der Waals surface area (Å²) in [5, 5.41) is 0. The molecule has 2 heterocycles. The number of H-pyrrole nitrogens is 1. The van der Waals surface area contributed by atoms with Gasteiger partial charge >= 0.3 is 5.97 Å². The first-order valence-electron chi connectivity index (χ1n) is 11.5. The predicted molar refractivity (Wildman–Crippen MR) is 127 cm³/mol. The normalized spacial score (nSPS) is 18.2. The Labute approximate surface area is 195 Å². The van der Waals surface area contributed by atoms with Crippen LogP contribution in [0.25, 0.3) is 0 Å². The number of esters is 1. The van der Waals surface area contributed by atoms with E-state index in [0.717, 1.165) is 30.6 Å². The Kier molecular flexibility index (Phi) is 7.94. The molecule has 0 amide bonds. The molecule has 1 saturated heterocycles. The van der Waals surface area contributed by atoms with Gasteiger partial charge in [0.15, 0.2) is 0 Å². The van der Waals surface area contributed by atoms with E-state index in [4.69, 9.17) is 14.2 Å². The molecule has 0 saturated carbocycles. The zero-order valence-electron chi connectivity index (χ0n) is 19.1. The molecule has 1 aliphatic rings. The van der Waals surface area contributed by atoms with Crippen molar-refractivity contribution in [3.05, 3.63) is 95.8 Å². The number of carbonyl (C=O) groups excluding carboxylic acids is 1. The Bertz CT molecular complexity index is 978. The fourth-order valence-electron chi connectivity index (χ4n) is 4.20. The van der Waals surface area contributed by atoms with Gasteiger partial charge in [0.05, 0.1) is 18.9 Å². The molecular formula is C27H32N2O4. The molecular weight excluding hydrogens is 416 g/mol. The molecule has 0 aliphatic carbocycles. The standard InChI is InChI=1S/C27H32N2O4/c1-29-17-15-24(20-29)33-26(30)27(25-14-8-16-28-25,23-12-6-3-7-13-23)32-19-9-18-31-21-22-10-4-2-5-11-22/h2-8,10-14,16,24,28H,9,15,17-21H2,1H3. The van der Waals surface area contributed by atoms with Crippen molar-refractivity contribution >= 4 is 5.97 Å². The number of likely N-dealkylation sites (tertiary alicyclic amines) is 1. The molecule has 4 rings (SSSR count). The van der Waals surface area contributed by atoms with Crippen LogP contribution in [0.3, 0.4) is 0 Å². The number of likely N-dealkylation sites (N-methyl/N-ethyl adjacent to an activating group) is 1. The van der Waals surface area contributed by atoms with Gasteiger partial charge in [-0.25, -0.2) is 4.79 Å². The number of hydrogen-bond acceptors (Lipinski definition) is 5. The first-order valence-corrected chi connectivity index (χ1v) is 11.5. The molecule has 6 nitrogen and oxygen atoms in total. The minimum Gasteiger partial charge on any atom is -0.458 e. The van der Waals surface area contributed by atoms with E-state index in [1.807, 2.05) is 79.8 Å². The third-order valence-electron chi connectivity index (χ3n) is 5.93. The van der Waals surface area contributed by atoms with E-state index in [9.17, 15) is 4.79 Å². The highest BCUT2D eigenvalue weighted by Crippen LogP contribution is 2.35. The highest BCUT2D eigenvalue weighted by atomic mass is 16.6. The molecule has 1 aliphatic heterocycles. The SMILES string of the molecule is CN1CCC(OC(=O)C(OCCCOCc2ccccc2)(c2ccccc2)c2ccc[nH]2)C1. The highest BCUT2D eigenvalue weighted by Gasteiger charge is 2.47. The van der Waals surface area contributed by atoms with Crippen molar-refractivity contribution in [3.63, 3.8) is 0 Å². The Hall–Kier alpha value is -2.93. The molecule has 33 heavy (non-hydrogen) atoms. The van der Waals surface area contributed by atoms with Crippen LogP contribution in [0.15, 0.2) is 79.0 Å². The molecule has 0 spiro atoms. The van der Waals surface area contributed by atoms with Crippen molar-refractivity contribution in [2.24, 2.45) is 0 Å². The van der Waals surface area contributed by atoms with Crippen LogP contribution in [0, 0.1) is 0 Å². The molecule has 1 aromatic heterocycles. The van der Waals surface area contributed by atoms with E-state index in [2.05, 4.69) is 9.88 Å². The third-order valence-corrected chi connectivity index (χ3v) is 5.93. The highest BCUT2D eigenvalue weighted by molar-refractivity contribution is 5.85. The second-order valence-corrected chi connectivity index (χ2v) is 8.45. The van der Waals surface area contributed by atoms with E-state index in [1.54, 1.807) is 6.20 Å². The Balaban J connectivity index is 1.47. The number of rotatable bonds is 11. The summed E-state index contributed by atoms with van der Waals surface area (Å²) in [6, 6.07) is 23.4. The molecule has 2 atom stereocenters. The second kappa shape index (κ2) is 11.3. The van der Waals surface area contributed by atoms with Gasteiger partial charge in [0, 0.05) is 31.5 Å². The maximum Gasteiger partial charge on any atom is 0.349 e. The maximum atomic E-state index is 13.7. The van der Waals surface area contributed by atoms with Crippen LogP contribution < -0.4 is 0 Å². The van der Waals surface area contributed by atoms with Gasteiger partial charge in [-0.3, -0.25) is 0 Å². The summed E-state index contributed by atoms with van der Waals surface area (Å²) >= 11 is 0. The minimum atomic E-state index is -1.36. The molecule has 1 N–H and O–H groups in total. The monoisotopic (exact) mass is 448 g/mol. The van der Waals surface area contributed by atoms with Gasteiger partial charge in [-0.2, -0.15) is 0 Å². The molecule has 3 aromatic rings. The zero-order valence-corrected chi connectivity index (χ0v) is 19.1. The molecule has 174 valence electrons. The van der Waals surface area contributed by atoms with Gasteiger partial charge in [0.1, 0.15) is 6.10 Å². The maximum absolute atomic E-state index is 13.7. The van der Waals surface area contributed by atoms with Gasteiger partial charge in [0.2, 0.25) is 5.60 Å². The second-order valence-electron chi connectivity index (χ2n) is 8.45. The molecule has 6 heteroatoms. The summed E-state index contributed by atoms with van der Waals surface area (Å²) in [6.45, 7) is 3.08.